The molecule has 0 saturated carbocycles. The summed E-state index contributed by atoms with van der Waals surface area (Å²) in [6.07, 6.45) is 0.675. The van der Waals surface area contributed by atoms with E-state index in [9.17, 15) is 0 Å². The van der Waals surface area contributed by atoms with Crippen LogP contribution in [0.4, 0.5) is 0 Å². The van der Waals surface area contributed by atoms with Crippen molar-refractivity contribution in [1.29, 1.82) is 0 Å². The number of nitrogens with zero attached hydrogens (tertiary/aromatic N) is 2. The lowest BCUT2D eigenvalue weighted by atomic mass is 9.93. The monoisotopic (exact) mass is 362 g/mol. The lowest BCUT2D eigenvalue weighted by Crippen LogP contribution is -2.10. The summed E-state index contributed by atoms with van der Waals surface area (Å²) in [7, 11) is 3.21. The SMILES string of the molecule is COc1ccc2c(c1OC)C(c1ccc(Cl)cc1Cl)=NN=C(C)C2. The van der Waals surface area contributed by atoms with E-state index in [2.05, 4.69) is 10.2 Å². The molecule has 0 N–H and O–H groups in total. The molecule has 4 nitrogen and oxygen atoms in total. The van der Waals surface area contributed by atoms with Crippen molar-refractivity contribution in [3.05, 3.63) is 57.1 Å². The highest BCUT2D eigenvalue weighted by Gasteiger charge is 2.24. The summed E-state index contributed by atoms with van der Waals surface area (Å²) in [5, 5.41) is 9.81. The van der Waals surface area contributed by atoms with Crippen LogP contribution in [0.5, 0.6) is 11.5 Å². The second-order valence-electron chi connectivity index (χ2n) is 5.42. The van der Waals surface area contributed by atoms with Crippen molar-refractivity contribution in [2.45, 2.75) is 13.3 Å². The number of hydrogen-bond donors (Lipinski definition) is 0. The Bertz CT molecular complexity index is 860. The Balaban J connectivity index is 2.31. The lowest BCUT2D eigenvalue weighted by Gasteiger charge is -2.17. The van der Waals surface area contributed by atoms with Gasteiger partial charge in [0.1, 0.15) is 5.71 Å². The van der Waals surface area contributed by atoms with Crippen molar-refractivity contribution >= 4 is 34.6 Å². The molecular weight excluding hydrogens is 347 g/mol. The molecule has 0 unspecified atom stereocenters. The highest BCUT2D eigenvalue weighted by molar-refractivity contribution is 6.38. The van der Waals surface area contributed by atoms with Gasteiger partial charge in [-0.1, -0.05) is 29.3 Å². The van der Waals surface area contributed by atoms with E-state index in [0.717, 1.165) is 22.4 Å². The van der Waals surface area contributed by atoms with E-state index in [1.54, 1.807) is 26.4 Å². The van der Waals surface area contributed by atoms with Crippen LogP contribution in [0.25, 0.3) is 0 Å². The van der Waals surface area contributed by atoms with E-state index >= 15 is 0 Å². The zero-order valence-electron chi connectivity index (χ0n) is 13.6. The molecule has 0 spiro atoms. The van der Waals surface area contributed by atoms with Gasteiger partial charge in [0.2, 0.25) is 0 Å². The Hall–Kier alpha value is -2.04. The number of hydrogen-bond acceptors (Lipinski definition) is 4. The zero-order valence-corrected chi connectivity index (χ0v) is 15.1. The molecule has 0 amide bonds. The molecule has 0 aliphatic carbocycles. The number of rotatable bonds is 3. The van der Waals surface area contributed by atoms with Crippen molar-refractivity contribution in [1.82, 2.24) is 0 Å². The molecule has 2 aromatic rings. The lowest BCUT2D eigenvalue weighted by molar-refractivity contribution is 0.354. The Morgan fingerprint density at radius 3 is 2.46 bits per heavy atom. The maximum Gasteiger partial charge on any atom is 0.170 e. The molecule has 1 aliphatic rings. The van der Waals surface area contributed by atoms with E-state index in [1.165, 1.54) is 0 Å². The Kier molecular flexibility index (Phi) is 4.78. The number of ether oxygens (including phenoxy) is 2. The van der Waals surface area contributed by atoms with Crippen LogP contribution >= 0.6 is 23.2 Å². The Morgan fingerprint density at radius 2 is 1.79 bits per heavy atom. The number of halogens is 2. The highest BCUT2D eigenvalue weighted by atomic mass is 35.5. The van der Waals surface area contributed by atoms with Gasteiger partial charge in [-0.3, -0.25) is 0 Å². The maximum atomic E-state index is 6.40. The maximum absolute atomic E-state index is 6.40. The summed E-state index contributed by atoms with van der Waals surface area (Å²) < 4.78 is 11.0. The van der Waals surface area contributed by atoms with E-state index < -0.39 is 0 Å². The molecule has 24 heavy (non-hydrogen) atoms. The van der Waals surface area contributed by atoms with Crippen LogP contribution in [0.2, 0.25) is 10.0 Å². The largest absolute Gasteiger partial charge is 0.493 e. The number of methoxy groups -OCH3 is 2. The summed E-state index contributed by atoms with van der Waals surface area (Å²) >= 11 is 12.4. The minimum absolute atomic E-state index is 0.506. The van der Waals surface area contributed by atoms with Gasteiger partial charge in [0.05, 0.1) is 24.8 Å². The van der Waals surface area contributed by atoms with Crippen LogP contribution in [-0.2, 0) is 6.42 Å². The first-order valence-corrected chi connectivity index (χ1v) is 8.11. The van der Waals surface area contributed by atoms with Gasteiger partial charge in [0, 0.05) is 22.7 Å². The topological polar surface area (TPSA) is 43.2 Å². The molecule has 2 aromatic carbocycles. The standard InChI is InChI=1S/C18H16Cl2N2O2/c1-10-8-11-4-7-15(23-2)18(24-3)16(11)17(22-21-10)13-6-5-12(19)9-14(13)20/h4-7,9H,8H2,1-3H3. The molecular formula is C18H16Cl2N2O2. The summed E-state index contributed by atoms with van der Waals surface area (Å²) in [6, 6.07) is 9.19. The normalized spacial score (nSPS) is 13.5. The number of fused-ring (bicyclic) bond motifs is 1. The second kappa shape index (κ2) is 6.83. The quantitative estimate of drug-likeness (QED) is 0.788. The van der Waals surface area contributed by atoms with Gasteiger partial charge in [-0.25, -0.2) is 0 Å². The third-order valence-corrected chi connectivity index (χ3v) is 4.37. The van der Waals surface area contributed by atoms with E-state index in [4.69, 9.17) is 32.7 Å². The third-order valence-electron chi connectivity index (χ3n) is 3.82. The van der Waals surface area contributed by atoms with Crippen LogP contribution in [0.15, 0.2) is 40.5 Å². The van der Waals surface area contributed by atoms with Gasteiger partial charge in [-0.05, 0) is 36.8 Å². The van der Waals surface area contributed by atoms with Gasteiger partial charge in [-0.15, -0.1) is 5.10 Å². The van der Waals surface area contributed by atoms with Crippen molar-refractivity contribution in [3.63, 3.8) is 0 Å². The molecule has 0 bridgehead atoms. The van der Waals surface area contributed by atoms with Crippen molar-refractivity contribution in [3.8, 4) is 11.5 Å². The van der Waals surface area contributed by atoms with E-state index in [-0.39, 0.29) is 0 Å². The van der Waals surface area contributed by atoms with Crippen molar-refractivity contribution < 1.29 is 9.47 Å². The highest BCUT2D eigenvalue weighted by Crippen LogP contribution is 2.38. The Morgan fingerprint density at radius 1 is 1.00 bits per heavy atom. The molecule has 0 saturated heterocycles. The average molecular weight is 363 g/mol. The summed E-state index contributed by atoms with van der Waals surface area (Å²) in [5.41, 5.74) is 4.17. The first-order chi connectivity index (χ1) is 11.5. The molecule has 1 heterocycles. The minimum atomic E-state index is 0.506. The van der Waals surface area contributed by atoms with Crippen LogP contribution in [0, 0.1) is 0 Å². The predicted octanol–water partition coefficient (Wildman–Crippen LogP) is 4.78. The summed E-state index contributed by atoms with van der Waals surface area (Å²) in [6.45, 7) is 1.94. The molecule has 6 heteroatoms. The second-order valence-corrected chi connectivity index (χ2v) is 6.26. The molecule has 0 atom stereocenters. The van der Waals surface area contributed by atoms with Gasteiger partial charge in [0.15, 0.2) is 11.5 Å². The number of benzene rings is 2. The van der Waals surface area contributed by atoms with Crippen molar-refractivity contribution in [2.75, 3.05) is 14.2 Å². The van der Waals surface area contributed by atoms with Crippen molar-refractivity contribution in [2.24, 2.45) is 10.2 Å². The van der Waals surface area contributed by atoms with Gasteiger partial charge in [0.25, 0.3) is 0 Å². The van der Waals surface area contributed by atoms with Crippen LogP contribution in [-0.4, -0.2) is 25.6 Å². The first kappa shape index (κ1) is 16.8. The molecule has 124 valence electrons. The van der Waals surface area contributed by atoms with E-state index in [1.807, 2.05) is 25.1 Å². The average Bonchev–Trinajstić information content (AvgIpc) is 2.72. The molecule has 3 rings (SSSR count). The van der Waals surface area contributed by atoms with Crippen LogP contribution in [0.1, 0.15) is 23.6 Å². The molecule has 0 aromatic heterocycles. The fourth-order valence-corrected chi connectivity index (χ4v) is 3.24. The third kappa shape index (κ3) is 2.99. The van der Waals surface area contributed by atoms with Crippen LogP contribution < -0.4 is 9.47 Å². The molecule has 0 radical (unpaired) electrons. The fraction of sp³-hybridized carbons (Fsp3) is 0.222. The van der Waals surface area contributed by atoms with Gasteiger partial charge in [-0.2, -0.15) is 5.10 Å². The zero-order chi connectivity index (χ0) is 17.3. The predicted molar refractivity (Wildman–Crippen MR) is 98.5 cm³/mol. The Labute approximate surface area is 150 Å². The smallest absolute Gasteiger partial charge is 0.170 e. The fourth-order valence-electron chi connectivity index (χ4n) is 2.74. The molecule has 1 aliphatic heterocycles. The first-order valence-electron chi connectivity index (χ1n) is 7.36. The van der Waals surface area contributed by atoms with Gasteiger partial charge >= 0.3 is 0 Å². The summed E-state index contributed by atoms with van der Waals surface area (Å²) in [4.78, 5) is 0. The van der Waals surface area contributed by atoms with Gasteiger partial charge < -0.3 is 9.47 Å². The van der Waals surface area contributed by atoms with E-state index in [0.29, 0.717) is 33.7 Å². The minimum Gasteiger partial charge on any atom is -0.493 e. The van der Waals surface area contributed by atoms with Crippen LogP contribution in [0.3, 0.4) is 0 Å². The summed E-state index contributed by atoms with van der Waals surface area (Å²) in [5.74, 6) is 1.25. The molecule has 0 fully saturated rings.